The van der Waals surface area contributed by atoms with E-state index in [0.29, 0.717) is 17.4 Å². The number of carbonyl (C=O) groups excluding carboxylic acids is 1. The van der Waals surface area contributed by atoms with Crippen molar-refractivity contribution in [1.82, 2.24) is 5.32 Å². The van der Waals surface area contributed by atoms with Crippen molar-refractivity contribution >= 4 is 13.7 Å². The van der Waals surface area contributed by atoms with Gasteiger partial charge < -0.3 is 28.8 Å². The van der Waals surface area contributed by atoms with E-state index < -0.39 is 20.0 Å². The first-order chi connectivity index (χ1) is 30.0. The van der Waals surface area contributed by atoms with Crippen LogP contribution in [0.25, 0.3) is 0 Å². The average Bonchev–Trinajstić information content (AvgIpc) is 3.23. The van der Waals surface area contributed by atoms with Crippen molar-refractivity contribution in [2.75, 3.05) is 40.9 Å². The minimum absolute atomic E-state index is 0.00410. The summed E-state index contributed by atoms with van der Waals surface area (Å²) in [7, 11) is 1.25. The summed E-state index contributed by atoms with van der Waals surface area (Å²) in [5.74, 6) is -0.203. The maximum atomic E-state index is 12.9. The van der Waals surface area contributed by atoms with E-state index in [2.05, 4.69) is 31.3 Å². The summed E-state index contributed by atoms with van der Waals surface area (Å²) >= 11 is 0. The van der Waals surface area contributed by atoms with E-state index >= 15 is 0 Å². The van der Waals surface area contributed by atoms with Crippen LogP contribution in [0.15, 0.2) is 24.3 Å². The lowest BCUT2D eigenvalue weighted by molar-refractivity contribution is -0.870. The highest BCUT2D eigenvalue weighted by Crippen LogP contribution is 2.38. The van der Waals surface area contributed by atoms with Crippen LogP contribution in [0.5, 0.6) is 0 Å². The molecule has 0 aliphatic carbocycles. The molecule has 0 saturated heterocycles. The molecule has 1 amide bonds. The number of nitrogens with zero attached hydrogens (tertiary/aromatic N) is 1. The number of phosphoric ester groups is 1. The number of hydrogen-bond acceptors (Lipinski definition) is 6. The number of aliphatic hydroxyl groups is 1. The van der Waals surface area contributed by atoms with Crippen LogP contribution in [-0.4, -0.2) is 68.5 Å². The summed E-state index contributed by atoms with van der Waals surface area (Å²) < 4.78 is 23.2. The van der Waals surface area contributed by atoms with Crippen molar-refractivity contribution in [3.8, 4) is 0 Å². The number of amides is 1. The highest BCUT2D eigenvalue weighted by molar-refractivity contribution is 7.45. The molecule has 0 rings (SSSR count). The number of phosphoric acid groups is 1. The summed E-state index contributed by atoms with van der Waals surface area (Å²) in [6, 6.07) is -0.898. The van der Waals surface area contributed by atoms with Crippen LogP contribution in [0.1, 0.15) is 258 Å². The highest BCUT2D eigenvalue weighted by Gasteiger charge is 2.23. The second-order valence-electron chi connectivity index (χ2n) is 19.6. The smallest absolute Gasteiger partial charge is 0.268 e. The van der Waals surface area contributed by atoms with E-state index in [4.69, 9.17) is 9.05 Å². The Bertz CT molecular complexity index is 1060. The van der Waals surface area contributed by atoms with Gasteiger partial charge in [-0.15, -0.1) is 0 Å². The lowest BCUT2D eigenvalue weighted by Crippen LogP contribution is -2.45. The van der Waals surface area contributed by atoms with E-state index in [9.17, 15) is 19.4 Å². The molecule has 2 N–H and O–H groups in total. The van der Waals surface area contributed by atoms with Crippen LogP contribution in [0.4, 0.5) is 0 Å². The minimum Gasteiger partial charge on any atom is -0.756 e. The molecular weight excluding hydrogens is 792 g/mol. The summed E-state index contributed by atoms with van der Waals surface area (Å²) in [6.07, 6.45) is 55.4. The van der Waals surface area contributed by atoms with Gasteiger partial charge in [0.05, 0.1) is 39.9 Å². The van der Waals surface area contributed by atoms with Crippen molar-refractivity contribution in [3.05, 3.63) is 24.3 Å². The molecule has 0 aromatic heterocycles. The van der Waals surface area contributed by atoms with Gasteiger partial charge in [0.15, 0.2) is 0 Å². The van der Waals surface area contributed by atoms with Crippen LogP contribution < -0.4 is 10.2 Å². The molecule has 8 nitrogen and oxygen atoms in total. The van der Waals surface area contributed by atoms with E-state index in [1.54, 1.807) is 6.08 Å². The number of hydrogen-bond donors (Lipinski definition) is 2. The second kappa shape index (κ2) is 45.1. The first-order valence-electron chi connectivity index (χ1n) is 26.7. The Kier molecular flexibility index (Phi) is 44.4. The van der Waals surface area contributed by atoms with Crippen molar-refractivity contribution in [1.29, 1.82) is 0 Å². The Morgan fingerprint density at radius 2 is 0.903 bits per heavy atom. The van der Waals surface area contributed by atoms with E-state index in [1.807, 2.05) is 27.2 Å². The largest absolute Gasteiger partial charge is 0.756 e. The first kappa shape index (κ1) is 61.0. The summed E-state index contributed by atoms with van der Waals surface area (Å²) in [5.41, 5.74) is 0. The molecule has 0 heterocycles. The lowest BCUT2D eigenvalue weighted by Gasteiger charge is -2.29. The number of allylic oxidation sites excluding steroid dienone is 3. The van der Waals surface area contributed by atoms with Gasteiger partial charge in [-0.25, -0.2) is 0 Å². The molecule has 9 heteroatoms. The van der Waals surface area contributed by atoms with Gasteiger partial charge in [-0.1, -0.05) is 244 Å². The Hall–Kier alpha value is -1.02. The molecule has 0 spiro atoms. The molecule has 0 saturated carbocycles. The molecule has 0 aromatic carbocycles. The van der Waals surface area contributed by atoms with Gasteiger partial charge in [-0.05, 0) is 32.1 Å². The van der Waals surface area contributed by atoms with Gasteiger partial charge in [0.1, 0.15) is 13.2 Å². The standard InChI is InChI=1S/C53H105N2O6P/c1-6-8-10-12-14-16-18-20-21-22-23-24-25-26-27-28-29-30-31-32-33-35-37-39-41-43-45-47-53(57)54-51(50-61-62(58,59)60-49-48-55(3,4)5)52(56)46-44-42-40-38-36-34-19-17-15-13-11-9-7-2/h36,38,44,46,51-52,56H,6-35,37,39-43,45,47-50H2,1-5H3,(H-,54,57,58,59)/b38-36+,46-44+. The lowest BCUT2D eigenvalue weighted by atomic mass is 10.0. The van der Waals surface area contributed by atoms with Gasteiger partial charge in [-0.2, -0.15) is 0 Å². The van der Waals surface area contributed by atoms with E-state index in [1.165, 1.54) is 199 Å². The third-order valence-electron chi connectivity index (χ3n) is 12.2. The van der Waals surface area contributed by atoms with Crippen LogP contribution >= 0.6 is 7.82 Å². The fourth-order valence-electron chi connectivity index (χ4n) is 7.94. The topological polar surface area (TPSA) is 108 Å². The van der Waals surface area contributed by atoms with Crippen molar-refractivity contribution in [2.45, 2.75) is 270 Å². The van der Waals surface area contributed by atoms with Gasteiger partial charge in [0.2, 0.25) is 5.91 Å². The predicted octanol–water partition coefficient (Wildman–Crippen LogP) is 15.0. The molecule has 62 heavy (non-hydrogen) atoms. The zero-order chi connectivity index (χ0) is 45.7. The first-order valence-corrected chi connectivity index (χ1v) is 28.2. The Balaban J connectivity index is 4.12. The SMILES string of the molecule is CCCCCCCCC/C=C/CC/C=C/C(O)C(COP(=O)([O-])OCC[N+](C)(C)C)NC(=O)CCCCCCCCCCCCCCCCCCCCCCCCCCCCC. The predicted molar refractivity (Wildman–Crippen MR) is 265 cm³/mol. The summed E-state index contributed by atoms with van der Waals surface area (Å²) in [5, 5.41) is 13.8. The van der Waals surface area contributed by atoms with Crippen molar-refractivity contribution < 1.29 is 32.9 Å². The van der Waals surface area contributed by atoms with Gasteiger partial charge >= 0.3 is 0 Å². The Morgan fingerprint density at radius 3 is 1.31 bits per heavy atom. The molecule has 0 bridgehead atoms. The summed E-state index contributed by atoms with van der Waals surface area (Å²) in [4.78, 5) is 25.4. The molecule has 0 fully saturated rings. The number of unbranched alkanes of at least 4 members (excludes halogenated alkanes) is 34. The number of quaternary nitrogens is 1. The van der Waals surface area contributed by atoms with E-state index in [0.717, 1.165) is 38.5 Å². The molecule has 368 valence electrons. The molecule has 3 atom stereocenters. The molecular formula is C53H105N2O6P. The maximum absolute atomic E-state index is 12.9. The molecule has 0 aliphatic rings. The normalized spacial score (nSPS) is 14.2. The van der Waals surface area contributed by atoms with Crippen molar-refractivity contribution in [3.63, 3.8) is 0 Å². The molecule has 0 radical (unpaired) electrons. The van der Waals surface area contributed by atoms with Gasteiger partial charge in [0, 0.05) is 6.42 Å². The zero-order valence-corrected chi connectivity index (χ0v) is 42.7. The minimum atomic E-state index is -4.59. The fraction of sp³-hybridized carbons (Fsp3) is 0.906. The maximum Gasteiger partial charge on any atom is 0.268 e. The molecule has 3 unspecified atom stereocenters. The number of aliphatic hydroxyl groups excluding tert-OH is 1. The Morgan fingerprint density at radius 1 is 0.548 bits per heavy atom. The monoisotopic (exact) mass is 897 g/mol. The van der Waals surface area contributed by atoms with E-state index in [-0.39, 0.29) is 19.1 Å². The molecule has 0 aromatic rings. The number of nitrogens with one attached hydrogen (secondary N) is 1. The van der Waals surface area contributed by atoms with Crippen LogP contribution in [0.3, 0.4) is 0 Å². The number of likely N-dealkylation sites (N-methyl/N-ethyl adjacent to an activating group) is 1. The average molecular weight is 897 g/mol. The van der Waals surface area contributed by atoms with Crippen LogP contribution in [0, 0.1) is 0 Å². The number of rotatable bonds is 49. The van der Waals surface area contributed by atoms with Crippen LogP contribution in [0.2, 0.25) is 0 Å². The second-order valence-corrected chi connectivity index (χ2v) is 21.0. The van der Waals surface area contributed by atoms with Crippen molar-refractivity contribution in [2.24, 2.45) is 0 Å². The Labute approximate surface area is 385 Å². The van der Waals surface area contributed by atoms with Gasteiger partial charge in [-0.3, -0.25) is 9.36 Å². The van der Waals surface area contributed by atoms with Crippen LogP contribution in [-0.2, 0) is 18.4 Å². The zero-order valence-electron chi connectivity index (χ0n) is 41.8. The third kappa shape index (κ3) is 47.0. The van der Waals surface area contributed by atoms with Gasteiger partial charge in [0.25, 0.3) is 7.82 Å². The third-order valence-corrected chi connectivity index (χ3v) is 13.1. The summed E-state index contributed by atoms with van der Waals surface area (Å²) in [6.45, 7) is 4.64. The number of carbonyl (C=O) groups is 1. The quantitative estimate of drug-likeness (QED) is 0.0273. The fourth-order valence-corrected chi connectivity index (χ4v) is 8.66. The highest BCUT2D eigenvalue weighted by atomic mass is 31.2. The molecule has 0 aliphatic heterocycles.